The molecule has 1 aromatic rings. The van der Waals surface area contributed by atoms with E-state index in [0.717, 1.165) is 24.7 Å². The van der Waals surface area contributed by atoms with Gasteiger partial charge in [0.25, 0.3) is 0 Å². The van der Waals surface area contributed by atoms with Crippen molar-refractivity contribution in [1.29, 1.82) is 0 Å². The Bertz CT molecular complexity index is 380. The minimum absolute atomic E-state index is 0.404. The predicted octanol–water partition coefficient (Wildman–Crippen LogP) is 3.35. The molecule has 1 N–H and O–H groups in total. The molecular weight excluding hydrogens is 248 g/mol. The van der Waals surface area contributed by atoms with Crippen LogP contribution in [0.4, 0.5) is 0 Å². The highest BCUT2D eigenvalue weighted by Crippen LogP contribution is 2.29. The van der Waals surface area contributed by atoms with Crippen LogP contribution in [0.2, 0.25) is 0 Å². The lowest BCUT2D eigenvalue weighted by atomic mass is 9.94. The Hall–Kier alpha value is -0.900. The minimum Gasteiger partial charge on any atom is -0.314 e. The van der Waals surface area contributed by atoms with E-state index in [-0.39, 0.29) is 0 Å². The molecule has 1 atom stereocenters. The topological polar surface area (TPSA) is 42.7 Å². The van der Waals surface area contributed by atoms with E-state index >= 15 is 0 Å². The van der Waals surface area contributed by atoms with Crippen molar-refractivity contribution in [1.82, 2.24) is 20.1 Å². The molecule has 1 aromatic heterocycles. The van der Waals surface area contributed by atoms with Crippen LogP contribution in [0.15, 0.2) is 6.33 Å². The van der Waals surface area contributed by atoms with E-state index in [4.69, 9.17) is 0 Å². The van der Waals surface area contributed by atoms with Crippen molar-refractivity contribution >= 4 is 0 Å². The molecule has 0 radical (unpaired) electrons. The average molecular weight is 278 g/mol. The van der Waals surface area contributed by atoms with Crippen LogP contribution < -0.4 is 5.32 Å². The fraction of sp³-hybridized carbons (Fsp3) is 0.875. The maximum atomic E-state index is 4.44. The molecule has 0 saturated heterocycles. The standard InChI is InChI=1S/C16H30N4/c1-4-11-17-15(14-7-5-6-8-14)9-10-16-18-12-19-20(16)13(2)3/h12-15,17H,4-11H2,1-3H3. The van der Waals surface area contributed by atoms with Gasteiger partial charge in [-0.15, -0.1) is 0 Å². The van der Waals surface area contributed by atoms with Gasteiger partial charge in [0.2, 0.25) is 0 Å². The van der Waals surface area contributed by atoms with Gasteiger partial charge in [-0.2, -0.15) is 5.10 Å². The van der Waals surface area contributed by atoms with Crippen LogP contribution in [-0.2, 0) is 6.42 Å². The molecule has 4 nitrogen and oxygen atoms in total. The summed E-state index contributed by atoms with van der Waals surface area (Å²) in [6.45, 7) is 7.72. The first-order chi connectivity index (χ1) is 9.72. The summed E-state index contributed by atoms with van der Waals surface area (Å²) in [5.41, 5.74) is 0. The molecule has 1 saturated carbocycles. The summed E-state index contributed by atoms with van der Waals surface area (Å²) in [5.74, 6) is 2.01. The summed E-state index contributed by atoms with van der Waals surface area (Å²) >= 11 is 0. The van der Waals surface area contributed by atoms with Crippen molar-refractivity contribution in [3.05, 3.63) is 12.2 Å². The minimum atomic E-state index is 0.404. The third-order valence-corrected chi connectivity index (χ3v) is 4.44. The molecule has 114 valence electrons. The van der Waals surface area contributed by atoms with Crippen molar-refractivity contribution in [2.24, 2.45) is 5.92 Å². The van der Waals surface area contributed by atoms with E-state index in [9.17, 15) is 0 Å². The summed E-state index contributed by atoms with van der Waals surface area (Å²) in [6, 6.07) is 1.07. The van der Waals surface area contributed by atoms with Crippen LogP contribution in [0, 0.1) is 5.92 Å². The first-order valence-corrected chi connectivity index (χ1v) is 8.34. The lowest BCUT2D eigenvalue weighted by Gasteiger charge is -2.25. The maximum Gasteiger partial charge on any atom is 0.138 e. The zero-order chi connectivity index (χ0) is 14.4. The Labute approximate surface area is 123 Å². The van der Waals surface area contributed by atoms with Crippen LogP contribution in [0.25, 0.3) is 0 Å². The fourth-order valence-corrected chi connectivity index (χ4v) is 3.36. The van der Waals surface area contributed by atoms with Gasteiger partial charge >= 0.3 is 0 Å². The first kappa shape index (κ1) is 15.5. The van der Waals surface area contributed by atoms with Crippen molar-refractivity contribution in [3.63, 3.8) is 0 Å². The van der Waals surface area contributed by atoms with Crippen LogP contribution >= 0.6 is 0 Å². The van der Waals surface area contributed by atoms with Gasteiger partial charge in [-0.1, -0.05) is 19.8 Å². The lowest BCUT2D eigenvalue weighted by molar-refractivity contribution is 0.336. The SMILES string of the molecule is CCCNC(CCc1ncnn1C(C)C)C1CCCC1. The van der Waals surface area contributed by atoms with Gasteiger partial charge in [0.15, 0.2) is 0 Å². The summed E-state index contributed by atoms with van der Waals surface area (Å²) in [7, 11) is 0. The third-order valence-electron chi connectivity index (χ3n) is 4.44. The summed E-state index contributed by atoms with van der Waals surface area (Å²) in [4.78, 5) is 4.44. The molecule has 0 aromatic carbocycles. The van der Waals surface area contributed by atoms with Gasteiger partial charge in [0, 0.05) is 18.5 Å². The number of hydrogen-bond acceptors (Lipinski definition) is 3. The molecule has 0 bridgehead atoms. The first-order valence-electron chi connectivity index (χ1n) is 8.34. The molecular formula is C16H30N4. The Kier molecular flexibility index (Phi) is 6.02. The predicted molar refractivity (Wildman–Crippen MR) is 82.8 cm³/mol. The fourth-order valence-electron chi connectivity index (χ4n) is 3.36. The zero-order valence-electron chi connectivity index (χ0n) is 13.3. The monoisotopic (exact) mass is 278 g/mol. The summed E-state index contributed by atoms with van der Waals surface area (Å²) < 4.78 is 2.06. The zero-order valence-corrected chi connectivity index (χ0v) is 13.3. The van der Waals surface area contributed by atoms with E-state index < -0.39 is 0 Å². The molecule has 1 fully saturated rings. The van der Waals surface area contributed by atoms with E-state index in [1.807, 2.05) is 0 Å². The maximum absolute atomic E-state index is 4.44. The molecule has 4 heteroatoms. The highest BCUT2D eigenvalue weighted by molar-refractivity contribution is 4.90. The highest BCUT2D eigenvalue weighted by Gasteiger charge is 2.24. The number of rotatable bonds is 8. The molecule has 0 spiro atoms. The Balaban J connectivity index is 1.91. The Morgan fingerprint density at radius 3 is 2.75 bits per heavy atom. The average Bonchev–Trinajstić information content (AvgIpc) is 3.09. The van der Waals surface area contributed by atoms with Gasteiger partial charge in [0.05, 0.1) is 0 Å². The van der Waals surface area contributed by atoms with Gasteiger partial charge in [-0.25, -0.2) is 9.67 Å². The lowest BCUT2D eigenvalue weighted by Crippen LogP contribution is -2.36. The van der Waals surface area contributed by atoms with Crippen LogP contribution in [0.1, 0.15) is 71.2 Å². The summed E-state index contributed by atoms with van der Waals surface area (Å²) in [6.07, 6.45) is 10.8. The largest absolute Gasteiger partial charge is 0.314 e. The van der Waals surface area contributed by atoms with Gasteiger partial charge in [-0.3, -0.25) is 0 Å². The highest BCUT2D eigenvalue weighted by atomic mass is 15.3. The molecule has 1 heterocycles. The quantitative estimate of drug-likeness (QED) is 0.793. The molecule has 1 unspecified atom stereocenters. The van der Waals surface area contributed by atoms with Crippen molar-refractivity contribution in [2.45, 2.75) is 77.8 Å². The molecule has 2 rings (SSSR count). The van der Waals surface area contributed by atoms with E-state index in [0.29, 0.717) is 12.1 Å². The van der Waals surface area contributed by atoms with Crippen molar-refractivity contribution in [2.75, 3.05) is 6.54 Å². The smallest absolute Gasteiger partial charge is 0.138 e. The number of aromatic nitrogens is 3. The summed E-state index contributed by atoms with van der Waals surface area (Å²) in [5, 5.41) is 8.10. The Morgan fingerprint density at radius 2 is 2.10 bits per heavy atom. The van der Waals surface area contributed by atoms with Crippen LogP contribution in [-0.4, -0.2) is 27.4 Å². The molecule has 20 heavy (non-hydrogen) atoms. The molecule has 1 aliphatic rings. The number of aryl methyl sites for hydroxylation is 1. The van der Waals surface area contributed by atoms with Crippen LogP contribution in [0.3, 0.4) is 0 Å². The van der Waals surface area contributed by atoms with E-state index in [1.165, 1.54) is 38.5 Å². The second-order valence-electron chi connectivity index (χ2n) is 6.36. The normalized spacial score (nSPS) is 18.0. The number of nitrogens with zero attached hydrogens (tertiary/aromatic N) is 3. The Morgan fingerprint density at radius 1 is 1.35 bits per heavy atom. The van der Waals surface area contributed by atoms with Gasteiger partial charge < -0.3 is 5.32 Å². The van der Waals surface area contributed by atoms with Gasteiger partial charge in [-0.05, 0) is 52.0 Å². The van der Waals surface area contributed by atoms with E-state index in [1.54, 1.807) is 6.33 Å². The van der Waals surface area contributed by atoms with Crippen molar-refractivity contribution in [3.8, 4) is 0 Å². The molecule has 0 amide bonds. The number of hydrogen-bond donors (Lipinski definition) is 1. The van der Waals surface area contributed by atoms with Crippen molar-refractivity contribution < 1.29 is 0 Å². The second-order valence-corrected chi connectivity index (χ2v) is 6.36. The number of nitrogens with one attached hydrogen (secondary N) is 1. The second kappa shape index (κ2) is 7.77. The van der Waals surface area contributed by atoms with E-state index in [2.05, 4.69) is 40.9 Å². The van der Waals surface area contributed by atoms with Gasteiger partial charge in [0.1, 0.15) is 12.2 Å². The molecule has 1 aliphatic carbocycles. The third kappa shape index (κ3) is 4.05. The van der Waals surface area contributed by atoms with Crippen LogP contribution in [0.5, 0.6) is 0 Å². The molecule has 0 aliphatic heterocycles.